The van der Waals surface area contributed by atoms with E-state index in [9.17, 15) is 0 Å². The summed E-state index contributed by atoms with van der Waals surface area (Å²) in [7, 11) is 0. The SMILES string of the molecule is CCc1ccccc1Nc1nc(C)cc(N2CCC3(CC2)OCCO3)n1. The molecule has 6 nitrogen and oxygen atoms in total. The lowest BCUT2D eigenvalue weighted by molar-refractivity contribution is -0.169. The van der Waals surface area contributed by atoms with Crippen LogP contribution in [0.25, 0.3) is 0 Å². The average Bonchev–Trinajstić information content (AvgIpc) is 3.10. The van der Waals surface area contributed by atoms with Gasteiger partial charge in [-0.2, -0.15) is 4.98 Å². The van der Waals surface area contributed by atoms with Crippen LogP contribution in [-0.4, -0.2) is 42.1 Å². The van der Waals surface area contributed by atoms with Crippen LogP contribution in [-0.2, 0) is 15.9 Å². The molecule has 0 unspecified atom stereocenters. The first-order valence-electron chi connectivity index (χ1n) is 9.41. The molecule has 0 atom stereocenters. The highest BCUT2D eigenvalue weighted by Gasteiger charge is 2.40. The third-order valence-electron chi connectivity index (χ3n) is 5.15. The number of nitrogens with zero attached hydrogens (tertiary/aromatic N) is 3. The first-order valence-corrected chi connectivity index (χ1v) is 9.41. The fourth-order valence-electron chi connectivity index (χ4n) is 3.70. The number of piperidine rings is 1. The average molecular weight is 354 g/mol. The molecule has 2 fully saturated rings. The van der Waals surface area contributed by atoms with Crippen molar-refractivity contribution in [3.8, 4) is 0 Å². The van der Waals surface area contributed by atoms with Crippen molar-refractivity contribution in [3.05, 3.63) is 41.6 Å². The molecule has 2 saturated heterocycles. The zero-order valence-corrected chi connectivity index (χ0v) is 15.5. The molecule has 6 heteroatoms. The number of anilines is 3. The van der Waals surface area contributed by atoms with Gasteiger partial charge in [-0.25, -0.2) is 4.98 Å². The van der Waals surface area contributed by atoms with E-state index < -0.39 is 0 Å². The van der Waals surface area contributed by atoms with Crippen LogP contribution in [0.4, 0.5) is 17.5 Å². The van der Waals surface area contributed by atoms with Crippen molar-refractivity contribution in [3.63, 3.8) is 0 Å². The number of para-hydroxylation sites is 1. The van der Waals surface area contributed by atoms with Gasteiger partial charge in [-0.1, -0.05) is 25.1 Å². The summed E-state index contributed by atoms with van der Waals surface area (Å²) < 4.78 is 11.6. The van der Waals surface area contributed by atoms with Crippen LogP contribution in [0, 0.1) is 6.92 Å². The second-order valence-electron chi connectivity index (χ2n) is 6.92. The molecule has 0 radical (unpaired) electrons. The number of hydrogen-bond donors (Lipinski definition) is 1. The molecule has 2 aliphatic heterocycles. The second kappa shape index (κ2) is 7.21. The van der Waals surface area contributed by atoms with Crippen LogP contribution in [0.1, 0.15) is 31.0 Å². The molecule has 2 aromatic rings. The summed E-state index contributed by atoms with van der Waals surface area (Å²) >= 11 is 0. The van der Waals surface area contributed by atoms with Gasteiger partial charge in [-0.3, -0.25) is 0 Å². The Hall–Kier alpha value is -2.18. The molecule has 1 N–H and O–H groups in total. The van der Waals surface area contributed by atoms with Gasteiger partial charge in [0.2, 0.25) is 5.95 Å². The molecule has 138 valence electrons. The van der Waals surface area contributed by atoms with Gasteiger partial charge in [0.25, 0.3) is 0 Å². The molecule has 0 saturated carbocycles. The van der Waals surface area contributed by atoms with Crippen LogP contribution >= 0.6 is 0 Å². The summed E-state index contributed by atoms with van der Waals surface area (Å²) in [6, 6.07) is 10.3. The molecule has 3 heterocycles. The minimum Gasteiger partial charge on any atom is -0.356 e. The summed E-state index contributed by atoms with van der Waals surface area (Å²) in [5, 5.41) is 3.39. The highest BCUT2D eigenvalue weighted by molar-refractivity contribution is 5.60. The Balaban J connectivity index is 1.51. The van der Waals surface area contributed by atoms with E-state index in [2.05, 4.69) is 40.3 Å². The Kier molecular flexibility index (Phi) is 4.78. The normalized spacial score (nSPS) is 19.1. The van der Waals surface area contributed by atoms with E-state index in [1.54, 1.807) is 0 Å². The molecular formula is C20H26N4O2. The maximum Gasteiger partial charge on any atom is 0.229 e. The first kappa shape index (κ1) is 17.2. The van der Waals surface area contributed by atoms with E-state index in [0.717, 1.165) is 49.6 Å². The number of rotatable bonds is 4. The number of aromatic nitrogens is 2. The van der Waals surface area contributed by atoms with Gasteiger partial charge in [-0.05, 0) is 25.0 Å². The molecule has 0 amide bonds. The lowest BCUT2D eigenvalue weighted by Gasteiger charge is -2.38. The lowest BCUT2D eigenvalue weighted by Crippen LogP contribution is -2.45. The van der Waals surface area contributed by atoms with Crippen LogP contribution in [0.5, 0.6) is 0 Å². The van der Waals surface area contributed by atoms with E-state index in [4.69, 9.17) is 14.5 Å². The molecule has 0 bridgehead atoms. The third-order valence-corrected chi connectivity index (χ3v) is 5.15. The first-order chi connectivity index (χ1) is 12.7. The molecule has 1 aromatic heterocycles. The monoisotopic (exact) mass is 354 g/mol. The molecule has 26 heavy (non-hydrogen) atoms. The molecule has 1 aromatic carbocycles. The Bertz CT molecular complexity index is 764. The maximum atomic E-state index is 5.82. The number of aryl methyl sites for hydroxylation is 2. The van der Waals surface area contributed by atoms with Crippen molar-refractivity contribution in [1.29, 1.82) is 0 Å². The van der Waals surface area contributed by atoms with E-state index >= 15 is 0 Å². The summed E-state index contributed by atoms with van der Waals surface area (Å²) in [5.41, 5.74) is 3.28. The van der Waals surface area contributed by atoms with Crippen molar-refractivity contribution in [1.82, 2.24) is 9.97 Å². The number of ether oxygens (including phenoxy) is 2. The third kappa shape index (κ3) is 3.52. The summed E-state index contributed by atoms with van der Waals surface area (Å²) in [4.78, 5) is 11.6. The highest BCUT2D eigenvalue weighted by atomic mass is 16.7. The zero-order valence-electron chi connectivity index (χ0n) is 15.5. The molecule has 1 spiro atoms. The van der Waals surface area contributed by atoms with E-state index in [1.165, 1.54) is 5.56 Å². The van der Waals surface area contributed by atoms with Gasteiger partial charge >= 0.3 is 0 Å². The predicted molar refractivity (Wildman–Crippen MR) is 102 cm³/mol. The van der Waals surface area contributed by atoms with E-state index in [0.29, 0.717) is 19.2 Å². The molecule has 2 aliphatic rings. The quantitative estimate of drug-likeness (QED) is 0.908. The molecule has 0 aliphatic carbocycles. The molecular weight excluding hydrogens is 328 g/mol. The largest absolute Gasteiger partial charge is 0.356 e. The summed E-state index contributed by atoms with van der Waals surface area (Å²) in [6.45, 7) is 7.33. The summed E-state index contributed by atoms with van der Waals surface area (Å²) in [5.74, 6) is 1.25. The van der Waals surface area contributed by atoms with Crippen LogP contribution in [0.2, 0.25) is 0 Å². The Morgan fingerprint density at radius 2 is 1.85 bits per heavy atom. The van der Waals surface area contributed by atoms with Crippen LogP contribution in [0.3, 0.4) is 0 Å². The Morgan fingerprint density at radius 1 is 1.12 bits per heavy atom. The maximum absolute atomic E-state index is 5.82. The van der Waals surface area contributed by atoms with Crippen LogP contribution in [0.15, 0.2) is 30.3 Å². The summed E-state index contributed by atoms with van der Waals surface area (Å²) in [6.07, 6.45) is 2.71. The predicted octanol–water partition coefficient (Wildman–Crippen LogP) is 3.43. The van der Waals surface area contributed by atoms with Gasteiger partial charge in [0.15, 0.2) is 5.79 Å². The van der Waals surface area contributed by atoms with E-state index in [-0.39, 0.29) is 5.79 Å². The van der Waals surface area contributed by atoms with Crippen molar-refractivity contribution >= 4 is 17.5 Å². The second-order valence-corrected chi connectivity index (χ2v) is 6.92. The number of benzene rings is 1. The lowest BCUT2D eigenvalue weighted by atomic mass is 10.0. The number of hydrogen-bond acceptors (Lipinski definition) is 6. The smallest absolute Gasteiger partial charge is 0.229 e. The topological polar surface area (TPSA) is 59.5 Å². The zero-order chi connectivity index (χ0) is 18.0. The fraction of sp³-hybridized carbons (Fsp3) is 0.500. The van der Waals surface area contributed by atoms with E-state index in [1.807, 2.05) is 19.1 Å². The Labute approximate surface area is 154 Å². The van der Waals surface area contributed by atoms with Crippen molar-refractivity contribution < 1.29 is 9.47 Å². The van der Waals surface area contributed by atoms with Crippen molar-refractivity contribution in [2.75, 3.05) is 36.5 Å². The van der Waals surface area contributed by atoms with Crippen molar-refractivity contribution in [2.24, 2.45) is 0 Å². The van der Waals surface area contributed by atoms with Crippen molar-refractivity contribution in [2.45, 2.75) is 38.9 Å². The minimum absolute atomic E-state index is 0.361. The molecule has 4 rings (SSSR count). The number of nitrogens with one attached hydrogen (secondary N) is 1. The van der Waals surface area contributed by atoms with Gasteiger partial charge in [0.05, 0.1) is 13.2 Å². The fourth-order valence-corrected chi connectivity index (χ4v) is 3.70. The van der Waals surface area contributed by atoms with Crippen LogP contribution < -0.4 is 10.2 Å². The van der Waals surface area contributed by atoms with Gasteiger partial charge in [-0.15, -0.1) is 0 Å². The standard InChI is InChI=1S/C20H26N4O2/c1-3-16-6-4-5-7-17(16)22-19-21-15(2)14-18(23-19)24-10-8-20(9-11-24)25-12-13-26-20/h4-7,14H,3,8-13H2,1-2H3,(H,21,22,23). The van der Waals surface area contributed by atoms with Gasteiger partial charge < -0.3 is 19.7 Å². The van der Waals surface area contributed by atoms with Gasteiger partial charge in [0, 0.05) is 43.4 Å². The van der Waals surface area contributed by atoms with Gasteiger partial charge in [0.1, 0.15) is 5.82 Å². The highest BCUT2D eigenvalue weighted by Crippen LogP contribution is 2.33. The minimum atomic E-state index is -0.361. The Morgan fingerprint density at radius 3 is 2.58 bits per heavy atom.